The second-order valence-electron chi connectivity index (χ2n) is 5.66. The third kappa shape index (κ3) is 3.31. The molecule has 0 spiro atoms. The minimum Gasteiger partial charge on any atom is -0.324 e. The molecule has 1 aliphatic carbocycles. The molecule has 6 heteroatoms. The van der Waals surface area contributed by atoms with Crippen LogP contribution in [0.15, 0.2) is 29.2 Å². The molecule has 0 saturated heterocycles. The minimum atomic E-state index is -3.46. The van der Waals surface area contributed by atoms with E-state index in [2.05, 4.69) is 24.0 Å². The predicted molar refractivity (Wildman–Crippen MR) is 80.5 cm³/mol. The van der Waals surface area contributed by atoms with Crippen LogP contribution in [0.1, 0.15) is 33.1 Å². The Hall–Kier alpha value is -1.11. The van der Waals surface area contributed by atoms with Gasteiger partial charge in [-0.2, -0.15) is 0 Å². The maximum atomic E-state index is 12.4. The van der Waals surface area contributed by atoms with Gasteiger partial charge in [0.1, 0.15) is 0 Å². The van der Waals surface area contributed by atoms with Gasteiger partial charge in [-0.15, -0.1) is 0 Å². The highest BCUT2D eigenvalue weighted by atomic mass is 32.2. The summed E-state index contributed by atoms with van der Waals surface area (Å²) in [5.41, 5.74) is 3.17. The third-order valence-corrected chi connectivity index (χ3v) is 5.85. The molecule has 3 unspecified atom stereocenters. The lowest BCUT2D eigenvalue weighted by Crippen LogP contribution is -2.43. The van der Waals surface area contributed by atoms with E-state index in [0.717, 1.165) is 12.8 Å². The van der Waals surface area contributed by atoms with E-state index < -0.39 is 10.0 Å². The van der Waals surface area contributed by atoms with Gasteiger partial charge in [-0.05, 0) is 42.5 Å². The van der Waals surface area contributed by atoms with Crippen molar-refractivity contribution >= 4 is 15.7 Å². The summed E-state index contributed by atoms with van der Waals surface area (Å²) in [5, 5.41) is 0. The summed E-state index contributed by atoms with van der Waals surface area (Å²) in [5.74, 6) is 6.20. The van der Waals surface area contributed by atoms with Crippen LogP contribution in [0.25, 0.3) is 0 Å². The number of hydrogen-bond donors (Lipinski definition) is 3. The summed E-state index contributed by atoms with van der Waals surface area (Å²) in [6, 6.07) is 6.46. The van der Waals surface area contributed by atoms with Crippen molar-refractivity contribution in [3.05, 3.63) is 24.3 Å². The highest BCUT2D eigenvalue weighted by molar-refractivity contribution is 7.89. The molecule has 0 amide bonds. The van der Waals surface area contributed by atoms with Gasteiger partial charge in [0.05, 0.1) is 4.90 Å². The Morgan fingerprint density at radius 2 is 1.80 bits per heavy atom. The number of anilines is 1. The third-order valence-electron chi connectivity index (χ3n) is 4.34. The summed E-state index contributed by atoms with van der Waals surface area (Å²) in [4.78, 5) is 0.280. The van der Waals surface area contributed by atoms with Crippen molar-refractivity contribution in [2.24, 2.45) is 17.7 Å². The van der Waals surface area contributed by atoms with Gasteiger partial charge in [0.15, 0.2) is 0 Å². The Bertz CT molecular complexity index is 542. The normalized spacial score (nSPS) is 27.2. The molecule has 1 fully saturated rings. The van der Waals surface area contributed by atoms with E-state index in [0.29, 0.717) is 17.5 Å². The van der Waals surface area contributed by atoms with Crippen molar-refractivity contribution < 1.29 is 8.42 Å². The van der Waals surface area contributed by atoms with Gasteiger partial charge in [0, 0.05) is 11.7 Å². The second kappa shape index (κ2) is 6.11. The van der Waals surface area contributed by atoms with Gasteiger partial charge in [-0.25, -0.2) is 13.1 Å². The summed E-state index contributed by atoms with van der Waals surface area (Å²) >= 11 is 0. The average molecular weight is 297 g/mol. The molecule has 2 rings (SSSR count). The van der Waals surface area contributed by atoms with Gasteiger partial charge >= 0.3 is 0 Å². The molecule has 1 aromatic rings. The molecule has 4 N–H and O–H groups in total. The van der Waals surface area contributed by atoms with E-state index in [1.54, 1.807) is 24.3 Å². The predicted octanol–water partition coefficient (Wildman–Crippen LogP) is 2.08. The zero-order valence-corrected chi connectivity index (χ0v) is 12.8. The van der Waals surface area contributed by atoms with Crippen molar-refractivity contribution in [3.63, 3.8) is 0 Å². The fraction of sp³-hybridized carbons (Fsp3) is 0.571. The highest BCUT2D eigenvalue weighted by Gasteiger charge is 2.30. The summed E-state index contributed by atoms with van der Waals surface area (Å²) in [6.45, 7) is 4.31. The fourth-order valence-corrected chi connectivity index (χ4v) is 4.11. The molecule has 0 bridgehead atoms. The Balaban J connectivity index is 2.13. The van der Waals surface area contributed by atoms with Crippen molar-refractivity contribution in [2.75, 3.05) is 5.43 Å². The first-order chi connectivity index (χ1) is 9.44. The minimum absolute atomic E-state index is 0.0241. The Labute approximate surface area is 121 Å². The van der Waals surface area contributed by atoms with Gasteiger partial charge in [-0.3, -0.25) is 5.84 Å². The number of nitrogen functional groups attached to an aromatic ring is 1. The van der Waals surface area contributed by atoms with E-state index in [9.17, 15) is 8.42 Å². The van der Waals surface area contributed by atoms with Crippen LogP contribution in [0.3, 0.4) is 0 Å². The first kappa shape index (κ1) is 15.3. The van der Waals surface area contributed by atoms with Crippen LogP contribution in [-0.4, -0.2) is 14.5 Å². The standard InChI is InChI=1S/C14H23N3O2S/c1-10-4-3-5-14(11(10)2)17-20(18,19)13-8-6-12(16-15)7-9-13/h6-11,14,16-17H,3-5,15H2,1-2H3. The molecule has 0 radical (unpaired) electrons. The van der Waals surface area contributed by atoms with E-state index in [-0.39, 0.29) is 10.9 Å². The molecule has 0 heterocycles. The molecule has 3 atom stereocenters. The van der Waals surface area contributed by atoms with E-state index >= 15 is 0 Å². The van der Waals surface area contributed by atoms with Crippen molar-refractivity contribution in [1.29, 1.82) is 0 Å². The van der Waals surface area contributed by atoms with Crippen LogP contribution in [0.5, 0.6) is 0 Å². The topological polar surface area (TPSA) is 84.2 Å². The van der Waals surface area contributed by atoms with Gasteiger partial charge < -0.3 is 5.43 Å². The quantitative estimate of drug-likeness (QED) is 0.587. The van der Waals surface area contributed by atoms with Gasteiger partial charge in [0.2, 0.25) is 10.0 Å². The monoisotopic (exact) mass is 297 g/mol. The lowest BCUT2D eigenvalue weighted by atomic mass is 9.78. The molecule has 112 valence electrons. The van der Waals surface area contributed by atoms with Crippen molar-refractivity contribution in [2.45, 2.75) is 44.0 Å². The maximum Gasteiger partial charge on any atom is 0.240 e. The number of hydrazine groups is 1. The highest BCUT2D eigenvalue weighted by Crippen LogP contribution is 2.30. The van der Waals surface area contributed by atoms with Gasteiger partial charge in [-0.1, -0.05) is 26.7 Å². The van der Waals surface area contributed by atoms with Crippen LogP contribution >= 0.6 is 0 Å². The number of hydrogen-bond acceptors (Lipinski definition) is 4. The SMILES string of the molecule is CC1CCCC(NS(=O)(=O)c2ccc(NN)cc2)C1C. The molecule has 5 nitrogen and oxygen atoms in total. The second-order valence-corrected chi connectivity index (χ2v) is 7.38. The van der Waals surface area contributed by atoms with Crippen molar-refractivity contribution in [3.8, 4) is 0 Å². The zero-order valence-electron chi connectivity index (χ0n) is 12.0. The molecular weight excluding hydrogens is 274 g/mol. The van der Waals surface area contributed by atoms with Crippen molar-refractivity contribution in [1.82, 2.24) is 4.72 Å². The lowest BCUT2D eigenvalue weighted by Gasteiger charge is -2.34. The average Bonchev–Trinajstić information content (AvgIpc) is 2.44. The Morgan fingerprint density at radius 3 is 2.40 bits per heavy atom. The number of benzene rings is 1. The molecule has 0 aromatic heterocycles. The van der Waals surface area contributed by atoms with Crippen LogP contribution in [0.4, 0.5) is 5.69 Å². The van der Waals surface area contributed by atoms with E-state index in [1.807, 2.05) is 0 Å². The first-order valence-corrected chi connectivity index (χ1v) is 8.51. The maximum absolute atomic E-state index is 12.4. The number of rotatable bonds is 4. The summed E-state index contributed by atoms with van der Waals surface area (Å²) in [7, 11) is -3.46. The summed E-state index contributed by atoms with van der Waals surface area (Å²) in [6.07, 6.45) is 3.16. The largest absolute Gasteiger partial charge is 0.324 e. The number of nitrogens with two attached hydrogens (primary N) is 1. The van der Waals surface area contributed by atoms with Crippen LogP contribution in [0, 0.1) is 11.8 Å². The zero-order chi connectivity index (χ0) is 14.8. The Kier molecular flexibility index (Phi) is 4.67. The van der Waals surface area contributed by atoms with Crippen LogP contribution in [-0.2, 0) is 10.0 Å². The van der Waals surface area contributed by atoms with Gasteiger partial charge in [0.25, 0.3) is 0 Å². The molecule has 1 aliphatic rings. The number of sulfonamides is 1. The summed E-state index contributed by atoms with van der Waals surface area (Å²) < 4.78 is 27.6. The number of nitrogens with one attached hydrogen (secondary N) is 2. The smallest absolute Gasteiger partial charge is 0.240 e. The van der Waals surface area contributed by atoms with E-state index in [1.165, 1.54) is 6.42 Å². The fourth-order valence-electron chi connectivity index (χ4n) is 2.75. The van der Waals surface area contributed by atoms with E-state index in [4.69, 9.17) is 5.84 Å². The lowest BCUT2D eigenvalue weighted by molar-refractivity contribution is 0.227. The van der Waals surface area contributed by atoms with Crippen LogP contribution in [0.2, 0.25) is 0 Å². The molecule has 1 saturated carbocycles. The van der Waals surface area contributed by atoms with Crippen LogP contribution < -0.4 is 16.0 Å². The first-order valence-electron chi connectivity index (χ1n) is 7.03. The molecule has 1 aromatic carbocycles. The molecule has 0 aliphatic heterocycles. The Morgan fingerprint density at radius 1 is 1.15 bits per heavy atom. The molecular formula is C14H23N3O2S. The molecule has 20 heavy (non-hydrogen) atoms.